The minimum Gasteiger partial charge on any atom is -0.481 e. The van der Waals surface area contributed by atoms with Crippen molar-refractivity contribution in [2.75, 3.05) is 6.54 Å². The van der Waals surface area contributed by atoms with Gasteiger partial charge < -0.3 is 15.4 Å². The molecule has 0 unspecified atom stereocenters. The maximum absolute atomic E-state index is 13.2. The van der Waals surface area contributed by atoms with Gasteiger partial charge in [-0.15, -0.1) is 0 Å². The van der Waals surface area contributed by atoms with Gasteiger partial charge in [-0.05, 0) is 31.0 Å². The number of carboxylic acid groups (broad SMARTS) is 1. The fraction of sp³-hybridized carbons (Fsp3) is 0.286. The van der Waals surface area contributed by atoms with E-state index in [9.17, 15) is 14.0 Å². The SMILES string of the molecule is O=C(O)CCCCNC(=O)c1[nH]c2ccc(F)cc2c1Cl. The molecule has 3 N–H and O–H groups in total. The molecule has 5 nitrogen and oxygen atoms in total. The molecule has 0 bridgehead atoms. The number of hydrogen-bond donors (Lipinski definition) is 3. The molecule has 1 aromatic heterocycles. The lowest BCUT2D eigenvalue weighted by Crippen LogP contribution is -2.25. The van der Waals surface area contributed by atoms with E-state index in [0.717, 1.165) is 0 Å². The zero-order valence-electron chi connectivity index (χ0n) is 11.1. The van der Waals surface area contributed by atoms with Crippen molar-refractivity contribution < 1.29 is 19.1 Å². The molecule has 0 spiro atoms. The molecular formula is C14H14ClFN2O3. The number of carboxylic acids is 1. The Kier molecular flexibility index (Phi) is 4.80. The highest BCUT2D eigenvalue weighted by Crippen LogP contribution is 2.27. The van der Waals surface area contributed by atoms with E-state index in [1.54, 1.807) is 0 Å². The predicted molar refractivity (Wildman–Crippen MR) is 77.1 cm³/mol. The second-order valence-electron chi connectivity index (χ2n) is 4.61. The molecule has 0 saturated carbocycles. The number of fused-ring (bicyclic) bond motifs is 1. The summed E-state index contributed by atoms with van der Waals surface area (Å²) >= 11 is 6.07. The number of aliphatic carboxylic acids is 1. The Bertz CT molecular complexity index is 684. The van der Waals surface area contributed by atoms with E-state index in [1.807, 2.05) is 0 Å². The van der Waals surface area contributed by atoms with Crippen LogP contribution < -0.4 is 5.32 Å². The summed E-state index contributed by atoms with van der Waals surface area (Å²) in [6.07, 6.45) is 1.12. The monoisotopic (exact) mass is 312 g/mol. The molecule has 21 heavy (non-hydrogen) atoms. The molecular weight excluding hydrogens is 299 g/mol. The molecule has 7 heteroatoms. The molecule has 0 aliphatic heterocycles. The van der Waals surface area contributed by atoms with Crippen molar-refractivity contribution in [3.05, 3.63) is 34.7 Å². The van der Waals surface area contributed by atoms with Crippen LogP contribution in [0, 0.1) is 5.82 Å². The number of halogens is 2. The van der Waals surface area contributed by atoms with Gasteiger partial charge in [-0.3, -0.25) is 9.59 Å². The fourth-order valence-electron chi connectivity index (χ4n) is 1.98. The molecule has 0 aliphatic carbocycles. The summed E-state index contributed by atoms with van der Waals surface area (Å²) in [5.74, 6) is -1.68. The van der Waals surface area contributed by atoms with Gasteiger partial charge in [0.05, 0.1) is 5.02 Å². The van der Waals surface area contributed by atoms with E-state index in [0.29, 0.717) is 30.3 Å². The summed E-state index contributed by atoms with van der Waals surface area (Å²) in [4.78, 5) is 25.2. The topological polar surface area (TPSA) is 82.2 Å². The summed E-state index contributed by atoms with van der Waals surface area (Å²) in [5.41, 5.74) is 0.757. The number of benzene rings is 1. The van der Waals surface area contributed by atoms with Crippen molar-refractivity contribution in [2.45, 2.75) is 19.3 Å². The zero-order valence-corrected chi connectivity index (χ0v) is 11.8. The molecule has 0 atom stereocenters. The molecule has 1 aromatic carbocycles. The first kappa shape index (κ1) is 15.3. The highest BCUT2D eigenvalue weighted by Gasteiger charge is 2.16. The lowest BCUT2D eigenvalue weighted by molar-refractivity contribution is -0.137. The van der Waals surface area contributed by atoms with Crippen molar-refractivity contribution in [1.29, 1.82) is 0 Å². The summed E-state index contributed by atoms with van der Waals surface area (Å²) in [7, 11) is 0. The summed E-state index contributed by atoms with van der Waals surface area (Å²) in [6.45, 7) is 0.353. The number of aromatic nitrogens is 1. The summed E-state index contributed by atoms with van der Waals surface area (Å²) in [5, 5.41) is 11.8. The van der Waals surface area contributed by atoms with Gasteiger partial charge in [0.1, 0.15) is 11.5 Å². The predicted octanol–water partition coefficient (Wildman–Crippen LogP) is 2.95. The number of hydrogen-bond acceptors (Lipinski definition) is 2. The van der Waals surface area contributed by atoms with E-state index in [2.05, 4.69) is 10.3 Å². The second-order valence-corrected chi connectivity index (χ2v) is 4.99. The first-order valence-corrected chi connectivity index (χ1v) is 6.83. The van der Waals surface area contributed by atoms with Crippen LogP contribution >= 0.6 is 11.6 Å². The van der Waals surface area contributed by atoms with Crippen LogP contribution in [0.2, 0.25) is 5.02 Å². The van der Waals surface area contributed by atoms with Gasteiger partial charge >= 0.3 is 5.97 Å². The van der Waals surface area contributed by atoms with Crippen molar-refractivity contribution in [3.63, 3.8) is 0 Å². The second kappa shape index (κ2) is 6.58. The van der Waals surface area contributed by atoms with Crippen LogP contribution in [0.3, 0.4) is 0 Å². The lowest BCUT2D eigenvalue weighted by Gasteiger charge is -2.03. The third kappa shape index (κ3) is 3.72. The highest BCUT2D eigenvalue weighted by atomic mass is 35.5. The van der Waals surface area contributed by atoms with Gasteiger partial charge in [0.2, 0.25) is 0 Å². The van der Waals surface area contributed by atoms with Crippen LogP contribution in [0.15, 0.2) is 18.2 Å². The van der Waals surface area contributed by atoms with Gasteiger partial charge in [-0.25, -0.2) is 4.39 Å². The van der Waals surface area contributed by atoms with Gasteiger partial charge in [0.25, 0.3) is 5.91 Å². The van der Waals surface area contributed by atoms with E-state index in [1.165, 1.54) is 18.2 Å². The van der Waals surface area contributed by atoms with Crippen LogP contribution in [-0.4, -0.2) is 28.5 Å². The van der Waals surface area contributed by atoms with Crippen molar-refractivity contribution in [3.8, 4) is 0 Å². The standard InChI is InChI=1S/C14H14ClFN2O3/c15-12-9-7-8(16)4-5-10(9)18-13(12)14(21)17-6-2-1-3-11(19)20/h4-5,7,18H,1-3,6H2,(H,17,21)(H,19,20). The minimum atomic E-state index is -0.859. The zero-order chi connectivity index (χ0) is 15.4. The molecule has 112 valence electrons. The minimum absolute atomic E-state index is 0.0717. The Hall–Kier alpha value is -2.08. The van der Waals surface area contributed by atoms with Crippen LogP contribution in [0.5, 0.6) is 0 Å². The molecule has 0 saturated heterocycles. The van der Waals surface area contributed by atoms with Crippen molar-refractivity contribution >= 4 is 34.4 Å². The first-order chi connectivity index (χ1) is 9.99. The van der Waals surface area contributed by atoms with Crippen LogP contribution in [-0.2, 0) is 4.79 Å². The third-order valence-electron chi connectivity index (χ3n) is 3.03. The number of H-pyrrole nitrogens is 1. The number of unbranched alkanes of at least 4 members (excludes halogenated alkanes) is 1. The first-order valence-electron chi connectivity index (χ1n) is 6.45. The number of rotatable bonds is 6. The van der Waals surface area contributed by atoms with E-state index >= 15 is 0 Å². The largest absolute Gasteiger partial charge is 0.481 e. The Morgan fingerprint density at radius 2 is 2.10 bits per heavy atom. The Morgan fingerprint density at radius 3 is 2.81 bits per heavy atom. The maximum atomic E-state index is 13.2. The van der Waals surface area contributed by atoms with Gasteiger partial charge in [-0.1, -0.05) is 11.6 Å². The summed E-state index contributed by atoms with van der Waals surface area (Å²) in [6, 6.07) is 4.06. The molecule has 0 radical (unpaired) electrons. The van der Waals surface area contributed by atoms with Crippen molar-refractivity contribution in [2.24, 2.45) is 0 Å². The third-order valence-corrected chi connectivity index (χ3v) is 3.42. The average Bonchev–Trinajstić information content (AvgIpc) is 2.75. The lowest BCUT2D eigenvalue weighted by atomic mass is 10.2. The van der Waals surface area contributed by atoms with Crippen LogP contribution in [0.1, 0.15) is 29.8 Å². The molecule has 2 rings (SSSR count). The molecule has 0 aliphatic rings. The number of carbonyl (C=O) groups is 2. The fourth-order valence-corrected chi connectivity index (χ4v) is 2.27. The molecule has 1 amide bonds. The average molecular weight is 313 g/mol. The smallest absolute Gasteiger partial charge is 0.303 e. The number of aromatic amines is 1. The summed E-state index contributed by atoms with van der Waals surface area (Å²) < 4.78 is 13.2. The number of carbonyl (C=O) groups excluding carboxylic acids is 1. The van der Waals surface area contributed by atoms with E-state index in [4.69, 9.17) is 16.7 Å². The van der Waals surface area contributed by atoms with E-state index < -0.39 is 17.7 Å². The number of amides is 1. The van der Waals surface area contributed by atoms with Crippen LogP contribution in [0.4, 0.5) is 4.39 Å². The highest BCUT2D eigenvalue weighted by molar-refractivity contribution is 6.38. The van der Waals surface area contributed by atoms with Gasteiger partial charge in [-0.2, -0.15) is 0 Å². The van der Waals surface area contributed by atoms with Gasteiger partial charge in [0, 0.05) is 23.9 Å². The molecule has 1 heterocycles. The maximum Gasteiger partial charge on any atom is 0.303 e. The van der Waals surface area contributed by atoms with Gasteiger partial charge in [0.15, 0.2) is 0 Å². The number of nitrogens with one attached hydrogen (secondary N) is 2. The normalized spacial score (nSPS) is 10.8. The Labute approximate surface area is 125 Å². The molecule has 0 fully saturated rings. The van der Waals surface area contributed by atoms with Crippen molar-refractivity contribution in [1.82, 2.24) is 10.3 Å². The Balaban J connectivity index is 1.99. The molecule has 2 aromatic rings. The quantitative estimate of drug-likeness (QED) is 0.717. The van der Waals surface area contributed by atoms with Crippen LogP contribution in [0.25, 0.3) is 10.9 Å². The van der Waals surface area contributed by atoms with E-state index in [-0.39, 0.29) is 17.1 Å². The Morgan fingerprint density at radius 1 is 1.33 bits per heavy atom.